The zero-order valence-electron chi connectivity index (χ0n) is 15.7. The molecule has 1 N–H and O–H groups in total. The minimum Gasteiger partial charge on any atom is -0.496 e. The highest BCUT2D eigenvalue weighted by Crippen LogP contribution is 2.48. The first-order valence-electron chi connectivity index (χ1n) is 9.39. The SMILES string of the molecule is COc1ccccc1Cc1nc([C@@H]2C[C@@H]3C=C[C@H]2C3)n(CC(C)(C)O)n1. The quantitative estimate of drug-likeness (QED) is 0.809. The van der Waals surface area contributed by atoms with E-state index in [4.69, 9.17) is 14.8 Å². The highest BCUT2D eigenvalue weighted by atomic mass is 16.5. The van der Waals surface area contributed by atoms with Crippen LogP contribution >= 0.6 is 0 Å². The van der Waals surface area contributed by atoms with Gasteiger partial charge in [-0.25, -0.2) is 9.67 Å². The Labute approximate surface area is 154 Å². The lowest BCUT2D eigenvalue weighted by Crippen LogP contribution is -2.29. The standard InChI is InChI=1S/C21H27N3O2/c1-21(2,25)13-24-20(17-11-14-8-9-15(17)10-14)22-19(23-24)12-16-6-4-5-7-18(16)26-3/h4-9,14-15,17,25H,10-13H2,1-3H3/t14-,15+,17-/m1/s1. The van der Waals surface area contributed by atoms with Crippen molar-refractivity contribution >= 4 is 0 Å². The molecule has 1 aromatic heterocycles. The number of benzene rings is 1. The summed E-state index contributed by atoms with van der Waals surface area (Å²) in [5, 5.41) is 15.1. The third-order valence-corrected chi connectivity index (χ3v) is 5.43. The summed E-state index contributed by atoms with van der Waals surface area (Å²) in [6.45, 7) is 4.09. The molecule has 5 heteroatoms. The minimum absolute atomic E-state index is 0.409. The molecule has 0 aliphatic heterocycles. The molecule has 1 fully saturated rings. The van der Waals surface area contributed by atoms with E-state index in [2.05, 4.69) is 18.2 Å². The van der Waals surface area contributed by atoms with Gasteiger partial charge in [-0.2, -0.15) is 5.10 Å². The molecule has 2 aliphatic carbocycles. The van der Waals surface area contributed by atoms with Gasteiger partial charge in [0, 0.05) is 17.9 Å². The third kappa shape index (κ3) is 3.40. The Balaban J connectivity index is 1.66. The number of hydrogen-bond acceptors (Lipinski definition) is 4. The number of aliphatic hydroxyl groups is 1. The maximum absolute atomic E-state index is 10.3. The van der Waals surface area contributed by atoms with Crippen LogP contribution in [0.3, 0.4) is 0 Å². The zero-order valence-corrected chi connectivity index (χ0v) is 15.7. The van der Waals surface area contributed by atoms with Crippen LogP contribution in [0.4, 0.5) is 0 Å². The molecule has 1 heterocycles. The summed E-state index contributed by atoms with van der Waals surface area (Å²) >= 11 is 0. The lowest BCUT2D eigenvalue weighted by molar-refractivity contribution is 0.0560. The molecule has 1 aromatic carbocycles. The topological polar surface area (TPSA) is 60.2 Å². The number of hydrogen-bond donors (Lipinski definition) is 1. The highest BCUT2D eigenvalue weighted by molar-refractivity contribution is 5.35. The molecule has 4 rings (SSSR count). The van der Waals surface area contributed by atoms with Gasteiger partial charge in [0.2, 0.25) is 0 Å². The van der Waals surface area contributed by atoms with Crippen LogP contribution in [-0.2, 0) is 13.0 Å². The number of methoxy groups -OCH3 is 1. The molecule has 0 spiro atoms. The number of allylic oxidation sites excluding steroid dienone is 2. The zero-order chi connectivity index (χ0) is 18.3. The number of nitrogens with zero attached hydrogens (tertiary/aromatic N) is 3. The van der Waals surface area contributed by atoms with Gasteiger partial charge in [-0.3, -0.25) is 0 Å². The number of fused-ring (bicyclic) bond motifs is 2. The van der Waals surface area contributed by atoms with E-state index in [9.17, 15) is 5.11 Å². The van der Waals surface area contributed by atoms with Gasteiger partial charge in [0.25, 0.3) is 0 Å². The Bertz CT molecular complexity index is 819. The Kier molecular flexibility index (Phi) is 4.35. The molecule has 26 heavy (non-hydrogen) atoms. The summed E-state index contributed by atoms with van der Waals surface area (Å²) in [5.74, 6) is 4.32. The minimum atomic E-state index is -0.822. The molecular formula is C21H27N3O2. The summed E-state index contributed by atoms with van der Waals surface area (Å²) in [4.78, 5) is 4.92. The maximum atomic E-state index is 10.3. The predicted octanol–water partition coefficient (Wildman–Crippen LogP) is 3.33. The molecule has 138 valence electrons. The van der Waals surface area contributed by atoms with Crippen LogP contribution in [0.5, 0.6) is 5.75 Å². The van der Waals surface area contributed by atoms with Crippen LogP contribution in [-0.4, -0.2) is 32.6 Å². The monoisotopic (exact) mass is 353 g/mol. The largest absolute Gasteiger partial charge is 0.496 e. The van der Waals surface area contributed by atoms with Gasteiger partial charge >= 0.3 is 0 Å². The number of aromatic nitrogens is 3. The van der Waals surface area contributed by atoms with E-state index in [1.54, 1.807) is 7.11 Å². The smallest absolute Gasteiger partial charge is 0.155 e. The molecule has 0 amide bonds. The van der Waals surface area contributed by atoms with Crippen LogP contribution in [0, 0.1) is 11.8 Å². The van der Waals surface area contributed by atoms with Crippen molar-refractivity contribution in [1.29, 1.82) is 0 Å². The van der Waals surface area contributed by atoms with E-state index in [1.807, 2.05) is 36.7 Å². The van der Waals surface area contributed by atoms with Gasteiger partial charge in [-0.15, -0.1) is 0 Å². The first-order valence-corrected chi connectivity index (χ1v) is 9.39. The van der Waals surface area contributed by atoms with E-state index in [1.165, 1.54) is 6.42 Å². The van der Waals surface area contributed by atoms with Crippen molar-refractivity contribution in [2.45, 2.75) is 51.2 Å². The van der Waals surface area contributed by atoms with Crippen molar-refractivity contribution in [3.05, 3.63) is 53.6 Å². The average molecular weight is 353 g/mol. The molecule has 3 atom stereocenters. The fourth-order valence-electron chi connectivity index (χ4n) is 4.33. The van der Waals surface area contributed by atoms with Gasteiger partial charge in [0.1, 0.15) is 11.6 Å². The second kappa shape index (κ2) is 6.54. The van der Waals surface area contributed by atoms with E-state index in [0.29, 0.717) is 30.7 Å². The van der Waals surface area contributed by atoms with Gasteiger partial charge in [0.05, 0.1) is 19.3 Å². The van der Waals surface area contributed by atoms with Crippen molar-refractivity contribution in [1.82, 2.24) is 14.8 Å². The average Bonchev–Trinajstić information content (AvgIpc) is 3.29. The van der Waals surface area contributed by atoms with Crippen LogP contribution in [0.25, 0.3) is 0 Å². The van der Waals surface area contributed by atoms with Crippen LogP contribution < -0.4 is 4.74 Å². The summed E-state index contributed by atoms with van der Waals surface area (Å²) in [6.07, 6.45) is 7.67. The summed E-state index contributed by atoms with van der Waals surface area (Å²) < 4.78 is 7.40. The lowest BCUT2D eigenvalue weighted by Gasteiger charge is -2.22. The Morgan fingerprint density at radius 1 is 1.23 bits per heavy atom. The van der Waals surface area contributed by atoms with Crippen molar-refractivity contribution in [2.75, 3.05) is 7.11 Å². The van der Waals surface area contributed by atoms with Crippen molar-refractivity contribution in [3.63, 3.8) is 0 Å². The summed E-state index contributed by atoms with van der Waals surface area (Å²) in [5.41, 5.74) is 0.257. The Morgan fingerprint density at radius 2 is 2.04 bits per heavy atom. The molecule has 2 aromatic rings. The fourth-order valence-corrected chi connectivity index (χ4v) is 4.33. The van der Waals surface area contributed by atoms with Crippen molar-refractivity contribution in [2.24, 2.45) is 11.8 Å². The van der Waals surface area contributed by atoms with Gasteiger partial charge < -0.3 is 9.84 Å². The molecule has 0 saturated heterocycles. The maximum Gasteiger partial charge on any atom is 0.155 e. The molecule has 1 saturated carbocycles. The first-order chi connectivity index (χ1) is 12.4. The second-order valence-corrected chi connectivity index (χ2v) is 8.23. The molecule has 2 bridgehead atoms. The number of para-hydroxylation sites is 1. The Hall–Kier alpha value is -2.14. The van der Waals surface area contributed by atoms with Crippen molar-refractivity contribution < 1.29 is 9.84 Å². The highest BCUT2D eigenvalue weighted by Gasteiger charge is 2.39. The van der Waals surface area contributed by atoms with Gasteiger partial charge in [-0.1, -0.05) is 30.4 Å². The number of ether oxygens (including phenoxy) is 1. The summed E-state index contributed by atoms with van der Waals surface area (Å²) in [6, 6.07) is 7.99. The first kappa shape index (κ1) is 17.3. The Morgan fingerprint density at radius 3 is 2.69 bits per heavy atom. The lowest BCUT2D eigenvalue weighted by atomic mass is 9.92. The van der Waals surface area contributed by atoms with E-state index >= 15 is 0 Å². The van der Waals surface area contributed by atoms with Crippen LogP contribution in [0.15, 0.2) is 36.4 Å². The van der Waals surface area contributed by atoms with E-state index < -0.39 is 5.60 Å². The van der Waals surface area contributed by atoms with Crippen molar-refractivity contribution in [3.8, 4) is 5.75 Å². The molecular weight excluding hydrogens is 326 g/mol. The molecule has 0 radical (unpaired) electrons. The fraction of sp³-hybridized carbons (Fsp3) is 0.524. The molecule has 5 nitrogen and oxygen atoms in total. The van der Waals surface area contributed by atoms with Crippen LogP contribution in [0.1, 0.15) is 49.8 Å². The predicted molar refractivity (Wildman–Crippen MR) is 100 cm³/mol. The van der Waals surface area contributed by atoms with E-state index in [-0.39, 0.29) is 0 Å². The third-order valence-electron chi connectivity index (χ3n) is 5.43. The number of rotatable bonds is 6. The second-order valence-electron chi connectivity index (χ2n) is 8.23. The normalized spacial score (nSPS) is 24.4. The molecule has 0 unspecified atom stereocenters. The van der Waals surface area contributed by atoms with E-state index in [0.717, 1.165) is 29.4 Å². The van der Waals surface area contributed by atoms with Gasteiger partial charge in [0.15, 0.2) is 5.82 Å². The summed E-state index contributed by atoms with van der Waals surface area (Å²) in [7, 11) is 1.69. The van der Waals surface area contributed by atoms with Crippen LogP contribution in [0.2, 0.25) is 0 Å². The molecule has 2 aliphatic rings. The van der Waals surface area contributed by atoms with Gasteiger partial charge in [-0.05, 0) is 44.6 Å².